The Balaban J connectivity index is 1.34. The summed E-state index contributed by atoms with van der Waals surface area (Å²) in [4.78, 5) is 106. The molecule has 4 saturated heterocycles. The molecular weight excluding hydrogens is 873 g/mol. The second-order valence-corrected chi connectivity index (χ2v) is 16.7. The van der Waals surface area contributed by atoms with Gasteiger partial charge in [0.2, 0.25) is 29.5 Å². The van der Waals surface area contributed by atoms with Gasteiger partial charge in [-0.05, 0) is 111 Å². The number of urea groups is 1. The molecule has 1 aromatic heterocycles. The monoisotopic (exact) mass is 920 g/mol. The maximum absolute atomic E-state index is 14.7. The maximum Gasteiger partial charge on any atom is 0.329 e. The summed E-state index contributed by atoms with van der Waals surface area (Å²) in [6.07, 6.45) is 2.25. The van der Waals surface area contributed by atoms with Crippen LogP contribution >= 0.6 is 22.6 Å². The second-order valence-electron chi connectivity index (χ2n) is 15.4. The fraction of sp³-hybridized carbons (Fsp3) is 0.538. The van der Waals surface area contributed by atoms with Crippen molar-refractivity contribution in [2.45, 2.75) is 108 Å². The van der Waals surface area contributed by atoms with E-state index in [4.69, 9.17) is 4.74 Å². The molecule has 4 N–H and O–H groups in total. The lowest BCUT2D eigenvalue weighted by atomic mass is 9.99. The van der Waals surface area contributed by atoms with E-state index in [0.29, 0.717) is 31.7 Å². The van der Waals surface area contributed by atoms with E-state index >= 15 is 0 Å². The number of piperidine rings is 1. The van der Waals surface area contributed by atoms with Gasteiger partial charge >= 0.3 is 12.0 Å². The fourth-order valence-corrected chi connectivity index (χ4v) is 8.47. The zero-order valence-corrected chi connectivity index (χ0v) is 34.5. The molecule has 0 spiro atoms. The van der Waals surface area contributed by atoms with Crippen molar-refractivity contribution in [3.8, 4) is 0 Å². The van der Waals surface area contributed by atoms with E-state index in [9.17, 15) is 42.3 Å². The number of rotatable bonds is 6. The van der Waals surface area contributed by atoms with Crippen LogP contribution in [0.15, 0.2) is 36.5 Å². The lowest BCUT2D eigenvalue weighted by Crippen LogP contribution is -2.63. The number of fused-ring (bicyclic) bond motifs is 3. The van der Waals surface area contributed by atoms with E-state index in [1.165, 1.54) is 40.8 Å². The Labute approximate surface area is 347 Å². The molecule has 19 heteroatoms. The molecule has 4 aliphatic heterocycles. The normalized spacial score (nSPS) is 27.5. The molecule has 0 bridgehead atoms. The molecule has 58 heavy (non-hydrogen) atoms. The zero-order valence-electron chi connectivity index (χ0n) is 32.3. The first-order valence-electron chi connectivity index (χ1n) is 19.5. The van der Waals surface area contributed by atoms with Crippen molar-refractivity contribution < 1.29 is 47.1 Å². The van der Waals surface area contributed by atoms with Crippen LogP contribution in [0, 0.1) is 21.1 Å². The summed E-state index contributed by atoms with van der Waals surface area (Å²) in [7, 11) is 0. The number of nitrogens with one attached hydrogen (secondary N) is 4. The molecule has 5 heterocycles. The van der Waals surface area contributed by atoms with E-state index < -0.39 is 102 Å². The van der Waals surface area contributed by atoms with Gasteiger partial charge in [0.15, 0.2) is 0 Å². The molecule has 0 unspecified atom stereocenters. The molecule has 7 amide bonds. The van der Waals surface area contributed by atoms with Crippen molar-refractivity contribution in [2.75, 3.05) is 25.0 Å². The quantitative estimate of drug-likeness (QED) is 0.248. The van der Waals surface area contributed by atoms with Crippen molar-refractivity contribution in [1.82, 2.24) is 35.6 Å². The highest BCUT2D eigenvalue weighted by molar-refractivity contribution is 14.1. The van der Waals surface area contributed by atoms with Crippen LogP contribution < -0.4 is 21.3 Å². The highest BCUT2D eigenvalue weighted by Gasteiger charge is 2.47. The van der Waals surface area contributed by atoms with Crippen molar-refractivity contribution in [3.05, 3.63) is 57.3 Å². The number of nitrogens with zero attached hydrogens (tertiary/aromatic N) is 4. The first kappa shape index (κ1) is 42.7. The first-order valence-corrected chi connectivity index (χ1v) is 20.5. The van der Waals surface area contributed by atoms with Crippen molar-refractivity contribution in [2.24, 2.45) is 5.92 Å². The summed E-state index contributed by atoms with van der Waals surface area (Å²) in [5.74, 6) is -5.89. The Hall–Kier alpha value is -4.95. The Morgan fingerprint density at radius 1 is 0.897 bits per heavy atom. The van der Waals surface area contributed by atoms with Crippen LogP contribution in [0.1, 0.15) is 64.9 Å². The summed E-state index contributed by atoms with van der Waals surface area (Å²) in [5.41, 5.74) is 0.00815. The number of anilines is 1. The standard InChI is InChI=1S/C39H47F2IN8O8/c1-20-13-30-38(56)58-22(3)32(47-33(51)27(16-23-14-24(40)17-25(41)15-23)45-39(57)46-31-10-9-26(42)18-43-31)37(55)49-12-6-8-29(49)36(54)48-11-5-4-7-28(48)34(52)44-21(2)35(53)50(30)19-20/h9-10,14-15,17-18,20-22,27-30,32H,4-8,11-13,16,19H2,1-3H3,(H,44,52)(H,47,51)(H2,43,45,46,57)/t20-,21+,22+,27+,28+,29+,30+,32+/m1/s1. The van der Waals surface area contributed by atoms with Crippen LogP contribution in [0.4, 0.5) is 19.4 Å². The summed E-state index contributed by atoms with van der Waals surface area (Å²) < 4.78 is 35.3. The number of ether oxygens (including phenoxy) is 1. The van der Waals surface area contributed by atoms with Crippen molar-refractivity contribution >= 4 is 69.9 Å². The van der Waals surface area contributed by atoms with Gasteiger partial charge in [-0.1, -0.05) is 6.92 Å². The van der Waals surface area contributed by atoms with Crippen LogP contribution in [0.5, 0.6) is 0 Å². The van der Waals surface area contributed by atoms with Gasteiger partial charge in [0.1, 0.15) is 59.8 Å². The predicted molar refractivity (Wildman–Crippen MR) is 211 cm³/mol. The van der Waals surface area contributed by atoms with Crippen LogP contribution in [-0.2, 0) is 39.9 Å². The molecule has 16 nitrogen and oxygen atoms in total. The third-order valence-electron chi connectivity index (χ3n) is 11.0. The number of benzene rings is 1. The number of carbonyl (C=O) groups is 7. The number of aromatic nitrogens is 1. The minimum atomic E-state index is -1.63. The summed E-state index contributed by atoms with van der Waals surface area (Å²) in [6, 6.07) is -2.21. The van der Waals surface area contributed by atoms with E-state index in [2.05, 4.69) is 26.3 Å². The Kier molecular flexibility index (Phi) is 13.5. The van der Waals surface area contributed by atoms with Gasteiger partial charge in [0.25, 0.3) is 0 Å². The number of cyclic esters (lactones) is 1. The van der Waals surface area contributed by atoms with Gasteiger partial charge in [0, 0.05) is 41.9 Å². The number of halogens is 3. The third kappa shape index (κ3) is 9.83. The molecule has 4 aliphatic rings. The lowest BCUT2D eigenvalue weighted by Gasteiger charge is -2.39. The average Bonchev–Trinajstić information content (AvgIpc) is 3.83. The summed E-state index contributed by atoms with van der Waals surface area (Å²) in [6.45, 7) is 5.34. The van der Waals surface area contributed by atoms with Crippen LogP contribution in [-0.4, -0.2) is 123 Å². The molecule has 312 valence electrons. The van der Waals surface area contributed by atoms with Crippen LogP contribution in [0.2, 0.25) is 0 Å². The summed E-state index contributed by atoms with van der Waals surface area (Å²) in [5, 5.41) is 10.4. The van der Waals surface area contributed by atoms with Crippen molar-refractivity contribution in [1.29, 1.82) is 0 Å². The first-order chi connectivity index (χ1) is 27.6. The highest BCUT2D eigenvalue weighted by atomic mass is 127. The molecule has 1 aromatic carbocycles. The largest absolute Gasteiger partial charge is 0.458 e. The number of carbonyl (C=O) groups excluding carboxylic acids is 7. The molecule has 8 atom stereocenters. The van der Waals surface area contributed by atoms with E-state index in [0.717, 1.165) is 15.7 Å². The van der Waals surface area contributed by atoms with Gasteiger partial charge in [-0.2, -0.15) is 0 Å². The molecule has 2 aromatic rings. The lowest BCUT2D eigenvalue weighted by molar-refractivity contribution is -0.163. The third-order valence-corrected chi connectivity index (χ3v) is 11.6. The minimum absolute atomic E-state index is 0.00815. The van der Waals surface area contributed by atoms with Gasteiger partial charge in [-0.3, -0.25) is 29.3 Å². The molecular formula is C39H47F2IN8O8. The Morgan fingerprint density at radius 2 is 1.59 bits per heavy atom. The number of esters is 1. The van der Waals surface area contributed by atoms with E-state index in [1.54, 1.807) is 6.07 Å². The molecule has 4 fully saturated rings. The van der Waals surface area contributed by atoms with Gasteiger partial charge < -0.3 is 35.4 Å². The number of amides is 7. The Bertz CT molecular complexity index is 1920. The second kappa shape index (κ2) is 18.3. The highest BCUT2D eigenvalue weighted by Crippen LogP contribution is 2.29. The minimum Gasteiger partial charge on any atom is -0.458 e. The fourth-order valence-electron chi connectivity index (χ4n) is 8.16. The number of hydrogen-bond acceptors (Lipinski definition) is 9. The maximum atomic E-state index is 14.7. The number of pyridine rings is 1. The molecule has 0 saturated carbocycles. The van der Waals surface area contributed by atoms with E-state index in [-0.39, 0.29) is 49.8 Å². The zero-order chi connectivity index (χ0) is 41.8. The Morgan fingerprint density at radius 3 is 2.29 bits per heavy atom. The van der Waals surface area contributed by atoms with Gasteiger partial charge in [0.05, 0.1) is 0 Å². The van der Waals surface area contributed by atoms with E-state index in [1.807, 2.05) is 29.5 Å². The van der Waals surface area contributed by atoms with Gasteiger partial charge in [-0.25, -0.2) is 23.4 Å². The molecule has 0 aliphatic carbocycles. The molecule has 0 radical (unpaired) electrons. The van der Waals surface area contributed by atoms with Crippen LogP contribution in [0.3, 0.4) is 0 Å². The van der Waals surface area contributed by atoms with Crippen molar-refractivity contribution in [3.63, 3.8) is 0 Å². The number of hydrogen-bond donors (Lipinski definition) is 4. The average molecular weight is 921 g/mol. The smallest absolute Gasteiger partial charge is 0.329 e. The SMILES string of the molecule is C[C@@H]1C[C@H]2C(=O)O[C@@H](C)[C@H](NC(=O)[C@H](Cc3cc(F)cc(F)c3)NC(=O)Nc3ccc(I)cn3)C(=O)N3CCC[C@H]3C(=O)N3CCCC[C@H]3C(=O)N[C@@H](C)C(=O)N2C1. The molecule has 6 rings (SSSR count). The van der Waals surface area contributed by atoms with Gasteiger partial charge in [-0.15, -0.1) is 0 Å². The van der Waals surface area contributed by atoms with Crippen LogP contribution in [0.25, 0.3) is 0 Å². The summed E-state index contributed by atoms with van der Waals surface area (Å²) >= 11 is 2.04. The topological polar surface area (TPSA) is 199 Å². The predicted octanol–water partition coefficient (Wildman–Crippen LogP) is 2.24.